The molecule has 1 N–H and O–H groups in total. The molecule has 1 aliphatic heterocycles. The van der Waals surface area contributed by atoms with Crippen LogP contribution >= 0.6 is 27.5 Å². The van der Waals surface area contributed by atoms with Crippen molar-refractivity contribution in [1.82, 2.24) is 5.32 Å². The van der Waals surface area contributed by atoms with Gasteiger partial charge >= 0.3 is 0 Å². The quantitative estimate of drug-likeness (QED) is 0.844. The summed E-state index contributed by atoms with van der Waals surface area (Å²) in [6, 6.07) is 5.74. The van der Waals surface area contributed by atoms with Crippen molar-refractivity contribution in [2.24, 2.45) is 10.4 Å². The normalized spacial score (nSPS) is 18.9. The molecule has 86 valence electrons. The topological polar surface area (TPSA) is 24.4 Å². The molecule has 1 heterocycles. The van der Waals surface area contributed by atoms with Gasteiger partial charge in [-0.2, -0.15) is 0 Å². The summed E-state index contributed by atoms with van der Waals surface area (Å²) < 4.78 is 1.02. The predicted octanol–water partition coefficient (Wildman–Crippen LogP) is 3.48. The molecule has 1 aromatic carbocycles. The Morgan fingerprint density at radius 1 is 1.44 bits per heavy atom. The molecule has 0 fully saturated rings. The second-order valence-electron chi connectivity index (χ2n) is 4.81. The second kappa shape index (κ2) is 4.38. The van der Waals surface area contributed by atoms with Crippen LogP contribution in [0.15, 0.2) is 27.7 Å². The fourth-order valence-corrected chi connectivity index (χ4v) is 2.19. The van der Waals surface area contributed by atoms with E-state index in [4.69, 9.17) is 11.6 Å². The summed E-state index contributed by atoms with van der Waals surface area (Å²) in [5.74, 6) is 0.925. The number of benzene rings is 1. The van der Waals surface area contributed by atoms with E-state index < -0.39 is 0 Å². The number of rotatable bonds is 1. The van der Waals surface area contributed by atoms with Crippen molar-refractivity contribution >= 4 is 33.4 Å². The zero-order valence-electron chi connectivity index (χ0n) is 9.35. The van der Waals surface area contributed by atoms with Crippen LogP contribution in [-0.4, -0.2) is 18.9 Å². The average Bonchev–Trinajstić information content (AvgIpc) is 2.22. The number of amidine groups is 1. The third-order valence-electron chi connectivity index (χ3n) is 2.58. The molecular formula is C12H14BrClN2. The number of aliphatic imine (C=N–C) groups is 1. The zero-order valence-corrected chi connectivity index (χ0v) is 11.7. The van der Waals surface area contributed by atoms with Gasteiger partial charge in [0.2, 0.25) is 0 Å². The van der Waals surface area contributed by atoms with E-state index in [1.54, 1.807) is 0 Å². The Kier molecular flexibility index (Phi) is 3.27. The highest BCUT2D eigenvalue weighted by Gasteiger charge is 2.23. The van der Waals surface area contributed by atoms with Crippen LogP contribution < -0.4 is 5.32 Å². The minimum atomic E-state index is 0.231. The summed E-state index contributed by atoms with van der Waals surface area (Å²) >= 11 is 9.50. The summed E-state index contributed by atoms with van der Waals surface area (Å²) in [4.78, 5) is 4.57. The van der Waals surface area contributed by atoms with Crippen LogP contribution in [-0.2, 0) is 0 Å². The molecule has 1 aliphatic rings. The molecular weight excluding hydrogens is 288 g/mol. The summed E-state index contributed by atoms with van der Waals surface area (Å²) in [7, 11) is 0. The molecule has 16 heavy (non-hydrogen) atoms. The Balaban J connectivity index is 2.32. The first-order valence-electron chi connectivity index (χ1n) is 5.22. The largest absolute Gasteiger partial charge is 0.369 e. The van der Waals surface area contributed by atoms with Gasteiger partial charge in [-0.05, 0) is 18.2 Å². The molecule has 0 atom stereocenters. The van der Waals surface area contributed by atoms with Gasteiger partial charge in [-0.25, -0.2) is 0 Å². The lowest BCUT2D eigenvalue weighted by Gasteiger charge is -2.29. The van der Waals surface area contributed by atoms with Crippen molar-refractivity contribution in [1.29, 1.82) is 0 Å². The molecule has 1 aromatic rings. The number of nitrogens with one attached hydrogen (secondary N) is 1. The highest BCUT2D eigenvalue weighted by atomic mass is 79.9. The SMILES string of the molecule is CC1(C)CN=C(c2cc(Cl)ccc2Br)NC1. The Hall–Kier alpha value is -0.540. The first-order valence-corrected chi connectivity index (χ1v) is 6.39. The summed E-state index contributed by atoms with van der Waals surface area (Å²) in [5.41, 5.74) is 1.26. The van der Waals surface area contributed by atoms with Crippen molar-refractivity contribution in [3.8, 4) is 0 Å². The monoisotopic (exact) mass is 300 g/mol. The third kappa shape index (κ3) is 2.58. The minimum Gasteiger partial charge on any atom is -0.369 e. The van der Waals surface area contributed by atoms with Gasteiger partial charge in [-0.3, -0.25) is 4.99 Å². The van der Waals surface area contributed by atoms with Gasteiger partial charge in [0, 0.05) is 33.6 Å². The van der Waals surface area contributed by atoms with E-state index in [1.165, 1.54) is 0 Å². The van der Waals surface area contributed by atoms with Crippen LogP contribution in [0.3, 0.4) is 0 Å². The highest BCUT2D eigenvalue weighted by molar-refractivity contribution is 9.10. The number of hydrogen-bond donors (Lipinski definition) is 1. The molecule has 0 radical (unpaired) electrons. The van der Waals surface area contributed by atoms with Crippen molar-refractivity contribution in [2.75, 3.05) is 13.1 Å². The Bertz CT molecular complexity index is 441. The number of hydrogen-bond acceptors (Lipinski definition) is 2. The smallest absolute Gasteiger partial charge is 0.129 e. The van der Waals surface area contributed by atoms with E-state index in [2.05, 4.69) is 40.1 Å². The Morgan fingerprint density at radius 3 is 2.81 bits per heavy atom. The van der Waals surface area contributed by atoms with Gasteiger partial charge in [0.25, 0.3) is 0 Å². The second-order valence-corrected chi connectivity index (χ2v) is 6.10. The lowest BCUT2D eigenvalue weighted by molar-refractivity contribution is 0.362. The molecule has 0 spiro atoms. The van der Waals surface area contributed by atoms with Crippen LogP contribution in [0, 0.1) is 5.41 Å². The van der Waals surface area contributed by atoms with Gasteiger partial charge in [-0.15, -0.1) is 0 Å². The van der Waals surface area contributed by atoms with E-state index >= 15 is 0 Å². The van der Waals surface area contributed by atoms with E-state index in [0.29, 0.717) is 0 Å². The number of halogens is 2. The van der Waals surface area contributed by atoms with Crippen LogP contribution in [0.2, 0.25) is 5.02 Å². The van der Waals surface area contributed by atoms with Gasteiger partial charge < -0.3 is 5.32 Å². The Morgan fingerprint density at radius 2 is 2.19 bits per heavy atom. The van der Waals surface area contributed by atoms with Crippen LogP contribution in [0.1, 0.15) is 19.4 Å². The lowest BCUT2D eigenvalue weighted by atomic mass is 9.92. The standard InChI is InChI=1S/C12H14BrClN2/c1-12(2)6-15-11(16-7-12)9-5-8(14)3-4-10(9)13/h3-5H,6-7H2,1-2H3,(H,15,16). The molecule has 0 saturated carbocycles. The third-order valence-corrected chi connectivity index (χ3v) is 3.51. The molecule has 2 nitrogen and oxygen atoms in total. The zero-order chi connectivity index (χ0) is 11.8. The summed E-state index contributed by atoms with van der Waals surface area (Å²) in [5, 5.41) is 4.08. The Labute approximate surface area is 109 Å². The summed E-state index contributed by atoms with van der Waals surface area (Å²) in [6.07, 6.45) is 0. The predicted molar refractivity (Wildman–Crippen MR) is 72.3 cm³/mol. The molecule has 0 amide bonds. The maximum absolute atomic E-state index is 5.99. The average molecular weight is 302 g/mol. The molecule has 0 bridgehead atoms. The van der Waals surface area contributed by atoms with E-state index in [1.807, 2.05) is 18.2 Å². The van der Waals surface area contributed by atoms with Crippen molar-refractivity contribution in [3.05, 3.63) is 33.3 Å². The first-order chi connectivity index (χ1) is 7.48. The molecule has 0 saturated heterocycles. The fraction of sp³-hybridized carbons (Fsp3) is 0.417. The van der Waals surface area contributed by atoms with E-state index in [9.17, 15) is 0 Å². The minimum absolute atomic E-state index is 0.231. The van der Waals surface area contributed by atoms with Crippen LogP contribution in [0.25, 0.3) is 0 Å². The van der Waals surface area contributed by atoms with Crippen LogP contribution in [0.4, 0.5) is 0 Å². The molecule has 2 rings (SSSR count). The molecule has 0 aromatic heterocycles. The van der Waals surface area contributed by atoms with Crippen molar-refractivity contribution in [2.45, 2.75) is 13.8 Å². The lowest BCUT2D eigenvalue weighted by Crippen LogP contribution is -2.41. The van der Waals surface area contributed by atoms with E-state index in [-0.39, 0.29) is 5.41 Å². The number of nitrogens with zero attached hydrogens (tertiary/aromatic N) is 1. The molecule has 0 unspecified atom stereocenters. The van der Waals surface area contributed by atoms with Gasteiger partial charge in [0.1, 0.15) is 5.84 Å². The first kappa shape index (κ1) is 11.9. The van der Waals surface area contributed by atoms with Crippen LogP contribution in [0.5, 0.6) is 0 Å². The van der Waals surface area contributed by atoms with Gasteiger partial charge in [0.05, 0.1) is 0 Å². The highest BCUT2D eigenvalue weighted by Crippen LogP contribution is 2.24. The van der Waals surface area contributed by atoms with Crippen molar-refractivity contribution < 1.29 is 0 Å². The van der Waals surface area contributed by atoms with E-state index in [0.717, 1.165) is 34.0 Å². The maximum Gasteiger partial charge on any atom is 0.129 e. The maximum atomic E-state index is 5.99. The molecule has 4 heteroatoms. The van der Waals surface area contributed by atoms with Gasteiger partial charge in [-0.1, -0.05) is 41.4 Å². The van der Waals surface area contributed by atoms with Crippen molar-refractivity contribution in [3.63, 3.8) is 0 Å². The summed E-state index contributed by atoms with van der Waals surface area (Å²) in [6.45, 7) is 6.18. The fourth-order valence-electron chi connectivity index (χ4n) is 1.59. The van der Waals surface area contributed by atoms with Gasteiger partial charge in [0.15, 0.2) is 0 Å². The molecule has 0 aliphatic carbocycles.